The maximum absolute atomic E-state index is 11.8. The summed E-state index contributed by atoms with van der Waals surface area (Å²) < 4.78 is 0. The number of hydrogen-bond acceptors (Lipinski definition) is 2. The van der Waals surface area contributed by atoms with Crippen LogP contribution in [-0.2, 0) is 11.3 Å². The summed E-state index contributed by atoms with van der Waals surface area (Å²) in [5.74, 6) is 0.160. The van der Waals surface area contributed by atoms with Gasteiger partial charge in [0.15, 0.2) is 0 Å². The summed E-state index contributed by atoms with van der Waals surface area (Å²) in [6.07, 6.45) is 5.37. The van der Waals surface area contributed by atoms with Crippen molar-refractivity contribution in [3.05, 3.63) is 35.4 Å². The maximum atomic E-state index is 11.8. The van der Waals surface area contributed by atoms with Crippen molar-refractivity contribution in [1.82, 2.24) is 10.6 Å². The fraction of sp³-hybridized carbons (Fsp3) is 0.562. The van der Waals surface area contributed by atoms with Gasteiger partial charge in [0.1, 0.15) is 0 Å². The highest BCUT2D eigenvalue weighted by atomic mass is 16.1. The van der Waals surface area contributed by atoms with Gasteiger partial charge < -0.3 is 10.6 Å². The summed E-state index contributed by atoms with van der Waals surface area (Å²) in [5, 5.41) is 6.47. The lowest BCUT2D eigenvalue weighted by molar-refractivity contribution is -0.121. The molecule has 1 saturated heterocycles. The number of carbonyl (C=O) groups is 1. The average Bonchev–Trinajstić information content (AvgIpc) is 2.45. The molecule has 1 amide bonds. The van der Waals surface area contributed by atoms with Crippen LogP contribution in [0.4, 0.5) is 0 Å². The maximum Gasteiger partial charge on any atom is 0.220 e. The van der Waals surface area contributed by atoms with Gasteiger partial charge in [-0.05, 0) is 38.3 Å². The molecule has 0 saturated carbocycles. The van der Waals surface area contributed by atoms with E-state index >= 15 is 0 Å². The molecule has 1 heterocycles. The Balaban J connectivity index is 1.65. The summed E-state index contributed by atoms with van der Waals surface area (Å²) in [4.78, 5) is 11.8. The van der Waals surface area contributed by atoms with Crippen molar-refractivity contribution < 1.29 is 4.79 Å². The van der Waals surface area contributed by atoms with E-state index in [1.54, 1.807) is 0 Å². The Morgan fingerprint density at radius 1 is 1.32 bits per heavy atom. The molecule has 0 bridgehead atoms. The minimum atomic E-state index is 0.160. The molecule has 1 unspecified atom stereocenters. The number of aryl methyl sites for hydroxylation is 1. The number of piperidine rings is 1. The van der Waals surface area contributed by atoms with Crippen LogP contribution in [-0.4, -0.2) is 18.5 Å². The Morgan fingerprint density at radius 2 is 2.11 bits per heavy atom. The molecule has 0 aliphatic carbocycles. The van der Waals surface area contributed by atoms with E-state index < -0.39 is 0 Å². The molecule has 1 aliphatic heterocycles. The molecular weight excluding hydrogens is 236 g/mol. The zero-order valence-corrected chi connectivity index (χ0v) is 11.7. The summed E-state index contributed by atoms with van der Waals surface area (Å²) >= 11 is 0. The monoisotopic (exact) mass is 260 g/mol. The molecule has 0 radical (unpaired) electrons. The topological polar surface area (TPSA) is 41.1 Å². The second-order valence-corrected chi connectivity index (χ2v) is 5.45. The molecule has 3 heteroatoms. The molecule has 2 N–H and O–H groups in total. The van der Waals surface area contributed by atoms with Crippen LogP contribution in [0.2, 0.25) is 0 Å². The number of benzene rings is 1. The molecular formula is C16H24N2O. The van der Waals surface area contributed by atoms with E-state index in [-0.39, 0.29) is 5.91 Å². The van der Waals surface area contributed by atoms with Crippen LogP contribution in [0.15, 0.2) is 24.3 Å². The first kappa shape index (κ1) is 14.1. The van der Waals surface area contributed by atoms with Gasteiger partial charge in [0.05, 0.1) is 0 Å². The second-order valence-electron chi connectivity index (χ2n) is 5.45. The zero-order chi connectivity index (χ0) is 13.5. The van der Waals surface area contributed by atoms with Gasteiger partial charge in [-0.3, -0.25) is 4.79 Å². The van der Waals surface area contributed by atoms with E-state index in [0.29, 0.717) is 19.0 Å². The molecule has 1 fully saturated rings. The largest absolute Gasteiger partial charge is 0.352 e. The highest BCUT2D eigenvalue weighted by Crippen LogP contribution is 2.11. The van der Waals surface area contributed by atoms with Crippen molar-refractivity contribution in [2.45, 2.75) is 51.6 Å². The SMILES string of the molecule is Cc1ccc(CNC(=O)CCC2CCCCN2)cc1. The van der Waals surface area contributed by atoms with E-state index in [1.165, 1.54) is 24.8 Å². The van der Waals surface area contributed by atoms with E-state index in [2.05, 4.69) is 41.8 Å². The van der Waals surface area contributed by atoms with Crippen LogP contribution in [0, 0.1) is 6.92 Å². The quantitative estimate of drug-likeness (QED) is 0.854. The van der Waals surface area contributed by atoms with Crippen molar-refractivity contribution in [2.24, 2.45) is 0 Å². The third-order valence-corrected chi connectivity index (χ3v) is 3.74. The predicted molar refractivity (Wildman–Crippen MR) is 77.9 cm³/mol. The van der Waals surface area contributed by atoms with E-state index in [4.69, 9.17) is 0 Å². The van der Waals surface area contributed by atoms with Crippen LogP contribution in [0.3, 0.4) is 0 Å². The van der Waals surface area contributed by atoms with Gasteiger partial charge in [-0.1, -0.05) is 36.2 Å². The first-order valence-electron chi connectivity index (χ1n) is 7.29. The van der Waals surface area contributed by atoms with Crippen LogP contribution in [0.25, 0.3) is 0 Å². The molecule has 1 aromatic carbocycles. The normalized spacial score (nSPS) is 19.1. The molecule has 3 nitrogen and oxygen atoms in total. The van der Waals surface area contributed by atoms with Gasteiger partial charge >= 0.3 is 0 Å². The van der Waals surface area contributed by atoms with E-state index in [1.807, 2.05) is 0 Å². The minimum absolute atomic E-state index is 0.160. The lowest BCUT2D eigenvalue weighted by Crippen LogP contribution is -2.35. The van der Waals surface area contributed by atoms with Crippen molar-refractivity contribution in [3.8, 4) is 0 Å². The van der Waals surface area contributed by atoms with Crippen molar-refractivity contribution in [2.75, 3.05) is 6.54 Å². The smallest absolute Gasteiger partial charge is 0.220 e. The van der Waals surface area contributed by atoms with Crippen molar-refractivity contribution >= 4 is 5.91 Å². The summed E-state index contributed by atoms with van der Waals surface area (Å²) in [6, 6.07) is 8.83. The summed E-state index contributed by atoms with van der Waals surface area (Å²) in [5.41, 5.74) is 2.41. The third kappa shape index (κ3) is 5.03. The van der Waals surface area contributed by atoms with Gasteiger partial charge in [-0.25, -0.2) is 0 Å². The summed E-state index contributed by atoms with van der Waals surface area (Å²) in [7, 11) is 0. The number of carbonyl (C=O) groups excluding carboxylic acids is 1. The Kier molecular flexibility index (Phi) is 5.40. The van der Waals surface area contributed by atoms with Crippen molar-refractivity contribution in [3.63, 3.8) is 0 Å². The predicted octanol–water partition coefficient (Wildman–Crippen LogP) is 2.53. The highest BCUT2D eigenvalue weighted by Gasteiger charge is 2.13. The van der Waals surface area contributed by atoms with Gasteiger partial charge in [0, 0.05) is 19.0 Å². The molecule has 19 heavy (non-hydrogen) atoms. The Morgan fingerprint density at radius 3 is 2.79 bits per heavy atom. The Hall–Kier alpha value is -1.35. The van der Waals surface area contributed by atoms with E-state index in [0.717, 1.165) is 18.5 Å². The molecule has 1 atom stereocenters. The van der Waals surface area contributed by atoms with Crippen LogP contribution in [0.5, 0.6) is 0 Å². The van der Waals surface area contributed by atoms with E-state index in [9.17, 15) is 4.79 Å². The fourth-order valence-electron chi connectivity index (χ4n) is 2.47. The first-order valence-corrected chi connectivity index (χ1v) is 7.29. The average molecular weight is 260 g/mol. The lowest BCUT2D eigenvalue weighted by Gasteiger charge is -2.23. The van der Waals surface area contributed by atoms with Crippen LogP contribution >= 0.6 is 0 Å². The number of nitrogens with one attached hydrogen (secondary N) is 2. The highest BCUT2D eigenvalue weighted by molar-refractivity contribution is 5.75. The Labute approximate surface area is 115 Å². The standard InChI is InChI=1S/C16H24N2O/c1-13-5-7-14(8-6-13)12-18-16(19)10-9-15-4-2-3-11-17-15/h5-8,15,17H,2-4,9-12H2,1H3,(H,18,19). The van der Waals surface area contributed by atoms with Gasteiger partial charge in [-0.2, -0.15) is 0 Å². The molecule has 104 valence electrons. The minimum Gasteiger partial charge on any atom is -0.352 e. The Bertz CT molecular complexity index is 394. The van der Waals surface area contributed by atoms with Gasteiger partial charge in [0.25, 0.3) is 0 Å². The zero-order valence-electron chi connectivity index (χ0n) is 11.7. The molecule has 1 aliphatic rings. The lowest BCUT2D eigenvalue weighted by atomic mass is 10.0. The molecule has 0 aromatic heterocycles. The third-order valence-electron chi connectivity index (χ3n) is 3.74. The number of rotatable bonds is 5. The molecule has 2 rings (SSSR count). The fourth-order valence-corrected chi connectivity index (χ4v) is 2.47. The van der Waals surface area contributed by atoms with Crippen LogP contribution < -0.4 is 10.6 Å². The molecule has 0 spiro atoms. The number of amides is 1. The van der Waals surface area contributed by atoms with Crippen molar-refractivity contribution in [1.29, 1.82) is 0 Å². The molecule has 1 aromatic rings. The van der Waals surface area contributed by atoms with Crippen LogP contribution in [0.1, 0.15) is 43.2 Å². The summed E-state index contributed by atoms with van der Waals surface area (Å²) in [6.45, 7) is 3.81. The number of hydrogen-bond donors (Lipinski definition) is 2. The first-order chi connectivity index (χ1) is 9.24. The second kappa shape index (κ2) is 7.29. The van der Waals surface area contributed by atoms with Gasteiger partial charge in [-0.15, -0.1) is 0 Å². The van der Waals surface area contributed by atoms with Gasteiger partial charge in [0.2, 0.25) is 5.91 Å².